The standard InChI is InChI=1S/C19H37N5O2S/c1-3-20-19(21-15-17-7-13-24(14-8-17)27(2,25)26)23-12-9-18(16-23)22-10-5-4-6-11-22/h17-18H,3-16H2,1-2H3,(H,20,21). The number of nitrogens with zero attached hydrogens (tertiary/aromatic N) is 4. The molecule has 3 heterocycles. The maximum atomic E-state index is 11.7. The van der Waals surface area contributed by atoms with E-state index in [-0.39, 0.29) is 0 Å². The highest BCUT2D eigenvalue weighted by molar-refractivity contribution is 7.88. The van der Waals surface area contributed by atoms with E-state index < -0.39 is 10.0 Å². The highest BCUT2D eigenvalue weighted by atomic mass is 32.2. The van der Waals surface area contributed by atoms with Crippen LogP contribution in [0.2, 0.25) is 0 Å². The van der Waals surface area contributed by atoms with Crippen LogP contribution in [0.25, 0.3) is 0 Å². The first-order valence-electron chi connectivity index (χ1n) is 10.7. The van der Waals surface area contributed by atoms with Gasteiger partial charge in [-0.2, -0.15) is 0 Å². The Morgan fingerprint density at radius 2 is 1.74 bits per heavy atom. The number of hydrogen-bond donors (Lipinski definition) is 1. The lowest BCUT2D eigenvalue weighted by atomic mass is 9.98. The maximum absolute atomic E-state index is 11.7. The van der Waals surface area contributed by atoms with Crippen molar-refractivity contribution >= 4 is 16.0 Å². The number of hydrogen-bond acceptors (Lipinski definition) is 4. The third-order valence-corrected chi connectivity index (χ3v) is 7.55. The van der Waals surface area contributed by atoms with Gasteiger partial charge in [0, 0.05) is 45.3 Å². The molecule has 0 radical (unpaired) electrons. The molecule has 3 aliphatic rings. The number of likely N-dealkylation sites (tertiary alicyclic amines) is 2. The molecule has 27 heavy (non-hydrogen) atoms. The van der Waals surface area contributed by atoms with Crippen molar-refractivity contribution in [2.45, 2.75) is 51.5 Å². The molecule has 8 heteroatoms. The molecule has 3 saturated heterocycles. The fourth-order valence-electron chi connectivity index (χ4n) is 4.58. The van der Waals surface area contributed by atoms with Crippen LogP contribution in [-0.2, 0) is 10.0 Å². The van der Waals surface area contributed by atoms with Gasteiger partial charge in [-0.15, -0.1) is 0 Å². The number of piperidine rings is 2. The van der Waals surface area contributed by atoms with Crippen LogP contribution in [-0.4, -0.2) is 93.1 Å². The Morgan fingerprint density at radius 1 is 1.04 bits per heavy atom. The van der Waals surface area contributed by atoms with E-state index in [1.165, 1.54) is 45.0 Å². The average Bonchev–Trinajstić information content (AvgIpc) is 3.15. The van der Waals surface area contributed by atoms with Crippen LogP contribution in [0.1, 0.15) is 45.4 Å². The summed E-state index contributed by atoms with van der Waals surface area (Å²) in [5.41, 5.74) is 0. The molecule has 3 fully saturated rings. The number of nitrogens with one attached hydrogen (secondary N) is 1. The molecule has 0 aromatic carbocycles. The minimum Gasteiger partial charge on any atom is -0.357 e. The smallest absolute Gasteiger partial charge is 0.211 e. The maximum Gasteiger partial charge on any atom is 0.211 e. The van der Waals surface area contributed by atoms with Gasteiger partial charge in [0.1, 0.15) is 0 Å². The summed E-state index contributed by atoms with van der Waals surface area (Å²) in [7, 11) is -3.05. The molecular formula is C19H37N5O2S. The van der Waals surface area contributed by atoms with Gasteiger partial charge in [0.15, 0.2) is 5.96 Å². The van der Waals surface area contributed by atoms with E-state index >= 15 is 0 Å². The van der Waals surface area contributed by atoms with Gasteiger partial charge in [-0.3, -0.25) is 9.89 Å². The van der Waals surface area contributed by atoms with Gasteiger partial charge in [-0.1, -0.05) is 6.42 Å². The van der Waals surface area contributed by atoms with Crippen molar-refractivity contribution in [3.8, 4) is 0 Å². The first kappa shape index (κ1) is 20.9. The Hall–Kier alpha value is -0.860. The van der Waals surface area contributed by atoms with Gasteiger partial charge < -0.3 is 10.2 Å². The second-order valence-electron chi connectivity index (χ2n) is 8.29. The van der Waals surface area contributed by atoms with Crippen molar-refractivity contribution in [2.24, 2.45) is 10.9 Å². The highest BCUT2D eigenvalue weighted by Crippen LogP contribution is 2.22. The van der Waals surface area contributed by atoms with Gasteiger partial charge in [-0.05, 0) is 58.0 Å². The lowest BCUT2D eigenvalue weighted by Gasteiger charge is -2.32. The van der Waals surface area contributed by atoms with E-state index in [0.717, 1.165) is 45.0 Å². The molecule has 1 N–H and O–H groups in total. The molecule has 1 atom stereocenters. The van der Waals surface area contributed by atoms with Crippen LogP contribution in [0.4, 0.5) is 0 Å². The van der Waals surface area contributed by atoms with E-state index in [1.54, 1.807) is 4.31 Å². The number of sulfonamides is 1. The fourth-order valence-corrected chi connectivity index (χ4v) is 5.45. The van der Waals surface area contributed by atoms with Crippen molar-refractivity contribution in [1.29, 1.82) is 0 Å². The number of rotatable bonds is 5. The van der Waals surface area contributed by atoms with Gasteiger partial charge in [-0.25, -0.2) is 12.7 Å². The number of aliphatic imine (C=N–C) groups is 1. The van der Waals surface area contributed by atoms with Crippen molar-refractivity contribution in [1.82, 2.24) is 19.4 Å². The van der Waals surface area contributed by atoms with Crippen LogP contribution < -0.4 is 5.32 Å². The molecule has 3 aliphatic heterocycles. The molecule has 0 aliphatic carbocycles. The third-order valence-electron chi connectivity index (χ3n) is 6.25. The van der Waals surface area contributed by atoms with Crippen LogP contribution >= 0.6 is 0 Å². The van der Waals surface area contributed by atoms with E-state index in [1.807, 2.05) is 0 Å². The molecule has 0 bridgehead atoms. The van der Waals surface area contributed by atoms with Crippen LogP contribution in [0.3, 0.4) is 0 Å². The SMILES string of the molecule is CCNC(=NCC1CCN(S(C)(=O)=O)CC1)N1CCC(N2CCCCC2)C1. The molecule has 0 saturated carbocycles. The Morgan fingerprint density at radius 3 is 2.37 bits per heavy atom. The zero-order valence-electron chi connectivity index (χ0n) is 17.1. The Bertz CT molecular complexity index is 595. The molecule has 1 unspecified atom stereocenters. The Balaban J connectivity index is 1.51. The zero-order valence-corrected chi connectivity index (χ0v) is 17.9. The topological polar surface area (TPSA) is 68.2 Å². The van der Waals surface area contributed by atoms with Crippen molar-refractivity contribution < 1.29 is 8.42 Å². The summed E-state index contributed by atoms with van der Waals surface area (Å²) < 4.78 is 24.9. The average molecular weight is 400 g/mol. The van der Waals surface area contributed by atoms with Crippen LogP contribution in [0.15, 0.2) is 4.99 Å². The van der Waals surface area contributed by atoms with Gasteiger partial charge in [0.05, 0.1) is 6.26 Å². The lowest BCUT2D eigenvalue weighted by molar-refractivity contribution is 0.168. The Kier molecular flexibility index (Phi) is 7.39. The molecular weight excluding hydrogens is 362 g/mol. The predicted octanol–water partition coefficient (Wildman–Crippen LogP) is 1.18. The van der Waals surface area contributed by atoms with Crippen molar-refractivity contribution in [3.63, 3.8) is 0 Å². The zero-order chi connectivity index (χ0) is 19.3. The summed E-state index contributed by atoms with van der Waals surface area (Å²) in [5, 5.41) is 3.47. The van der Waals surface area contributed by atoms with Gasteiger partial charge in [0.2, 0.25) is 10.0 Å². The molecule has 7 nitrogen and oxygen atoms in total. The molecule has 0 aromatic rings. The van der Waals surface area contributed by atoms with Crippen LogP contribution in [0, 0.1) is 5.92 Å². The van der Waals surface area contributed by atoms with Crippen molar-refractivity contribution in [2.75, 3.05) is 58.6 Å². The first-order valence-corrected chi connectivity index (χ1v) is 12.5. The van der Waals surface area contributed by atoms with E-state index in [2.05, 4.69) is 22.0 Å². The minimum absolute atomic E-state index is 0.483. The molecule has 156 valence electrons. The summed E-state index contributed by atoms with van der Waals surface area (Å²) in [6, 6.07) is 0.673. The summed E-state index contributed by atoms with van der Waals surface area (Å²) in [6.07, 6.45) is 8.43. The predicted molar refractivity (Wildman–Crippen MR) is 111 cm³/mol. The lowest BCUT2D eigenvalue weighted by Crippen LogP contribution is -2.45. The summed E-state index contributed by atoms with van der Waals surface area (Å²) >= 11 is 0. The second-order valence-corrected chi connectivity index (χ2v) is 10.3. The molecule has 3 rings (SSSR count). The summed E-state index contributed by atoms with van der Waals surface area (Å²) in [4.78, 5) is 10.0. The first-order chi connectivity index (χ1) is 13.0. The molecule has 0 spiro atoms. The second kappa shape index (κ2) is 9.56. The van der Waals surface area contributed by atoms with Gasteiger partial charge >= 0.3 is 0 Å². The Labute approximate surface area is 165 Å². The summed E-state index contributed by atoms with van der Waals surface area (Å²) in [6.45, 7) is 9.75. The summed E-state index contributed by atoms with van der Waals surface area (Å²) in [5.74, 6) is 1.53. The quantitative estimate of drug-likeness (QED) is 0.555. The number of guanidine groups is 1. The molecule has 0 amide bonds. The minimum atomic E-state index is -3.05. The van der Waals surface area contributed by atoms with Crippen LogP contribution in [0.5, 0.6) is 0 Å². The van der Waals surface area contributed by atoms with E-state index in [0.29, 0.717) is 25.0 Å². The van der Waals surface area contributed by atoms with E-state index in [4.69, 9.17) is 4.99 Å². The monoisotopic (exact) mass is 399 g/mol. The fraction of sp³-hybridized carbons (Fsp3) is 0.947. The largest absolute Gasteiger partial charge is 0.357 e. The van der Waals surface area contributed by atoms with Gasteiger partial charge in [0.25, 0.3) is 0 Å². The van der Waals surface area contributed by atoms with Crippen molar-refractivity contribution in [3.05, 3.63) is 0 Å². The highest BCUT2D eigenvalue weighted by Gasteiger charge is 2.30. The van der Waals surface area contributed by atoms with E-state index in [9.17, 15) is 8.42 Å². The third kappa shape index (κ3) is 5.81. The molecule has 0 aromatic heterocycles. The normalized spacial score (nSPS) is 27.3.